The summed E-state index contributed by atoms with van der Waals surface area (Å²) in [5.41, 5.74) is 1.17. The van der Waals surface area contributed by atoms with Gasteiger partial charge in [0.25, 0.3) is 17.5 Å². The van der Waals surface area contributed by atoms with Crippen LogP contribution in [0.2, 0.25) is 0 Å². The lowest BCUT2D eigenvalue weighted by molar-refractivity contribution is -0.384. The first-order valence-corrected chi connectivity index (χ1v) is 8.72. The van der Waals surface area contributed by atoms with E-state index in [0.29, 0.717) is 49.7 Å². The molecule has 8 heteroatoms. The van der Waals surface area contributed by atoms with Crippen LogP contribution in [0.5, 0.6) is 0 Å². The highest BCUT2D eigenvalue weighted by molar-refractivity contribution is 6.35. The third-order valence-electron chi connectivity index (χ3n) is 4.57. The van der Waals surface area contributed by atoms with Crippen LogP contribution >= 0.6 is 0 Å². The molecular formula is C18H21N3O5. The van der Waals surface area contributed by atoms with E-state index >= 15 is 0 Å². The van der Waals surface area contributed by atoms with Gasteiger partial charge in [0.2, 0.25) is 0 Å². The zero-order valence-electron chi connectivity index (χ0n) is 14.6. The van der Waals surface area contributed by atoms with Gasteiger partial charge in [-0.15, -0.1) is 0 Å². The second kappa shape index (κ2) is 7.65. The highest BCUT2D eigenvalue weighted by Gasteiger charge is 2.41. The number of imide groups is 1. The van der Waals surface area contributed by atoms with Crippen LogP contribution in [0.1, 0.15) is 25.3 Å². The molecule has 3 rings (SSSR count). The van der Waals surface area contributed by atoms with E-state index in [-0.39, 0.29) is 17.5 Å². The first kappa shape index (κ1) is 18.1. The molecule has 1 fully saturated rings. The van der Waals surface area contributed by atoms with Gasteiger partial charge in [-0.05, 0) is 24.1 Å². The Labute approximate surface area is 151 Å². The van der Waals surface area contributed by atoms with Crippen LogP contribution < -0.4 is 0 Å². The van der Waals surface area contributed by atoms with Crippen LogP contribution in [0.25, 0.3) is 5.57 Å². The Bertz CT molecular complexity index is 751. The van der Waals surface area contributed by atoms with Crippen molar-refractivity contribution < 1.29 is 19.2 Å². The van der Waals surface area contributed by atoms with E-state index < -0.39 is 4.92 Å². The lowest BCUT2D eigenvalue weighted by Crippen LogP contribution is -2.40. The molecule has 1 aromatic rings. The first-order valence-electron chi connectivity index (χ1n) is 8.72. The summed E-state index contributed by atoms with van der Waals surface area (Å²) in [7, 11) is 0. The molecule has 26 heavy (non-hydrogen) atoms. The zero-order valence-corrected chi connectivity index (χ0v) is 14.6. The van der Waals surface area contributed by atoms with E-state index in [0.717, 1.165) is 12.8 Å². The number of non-ortho nitro benzene ring substituents is 1. The SMILES string of the molecule is CCCCN1C(=O)C(c2ccc([N+](=O)[O-])cc2)=C(N2CCOCC2)C1=O. The van der Waals surface area contributed by atoms with E-state index in [9.17, 15) is 19.7 Å². The minimum Gasteiger partial charge on any atom is -0.378 e. The summed E-state index contributed by atoms with van der Waals surface area (Å²) in [4.78, 5) is 39.4. The quantitative estimate of drug-likeness (QED) is 0.437. The Morgan fingerprint density at radius 2 is 1.77 bits per heavy atom. The third-order valence-corrected chi connectivity index (χ3v) is 4.57. The molecule has 0 bridgehead atoms. The molecule has 2 aliphatic rings. The van der Waals surface area contributed by atoms with Gasteiger partial charge >= 0.3 is 0 Å². The molecule has 0 N–H and O–H groups in total. The Morgan fingerprint density at radius 3 is 2.35 bits per heavy atom. The van der Waals surface area contributed by atoms with Crippen LogP contribution in [0.15, 0.2) is 30.0 Å². The summed E-state index contributed by atoms with van der Waals surface area (Å²) >= 11 is 0. The number of carbonyl (C=O) groups is 2. The molecule has 1 aromatic carbocycles. The van der Waals surface area contributed by atoms with Crippen molar-refractivity contribution in [1.29, 1.82) is 0 Å². The Kier molecular flexibility index (Phi) is 5.32. The largest absolute Gasteiger partial charge is 0.378 e. The summed E-state index contributed by atoms with van der Waals surface area (Å²) in [5.74, 6) is -0.627. The van der Waals surface area contributed by atoms with Gasteiger partial charge in [-0.1, -0.05) is 13.3 Å². The summed E-state index contributed by atoms with van der Waals surface area (Å²) in [6.45, 7) is 4.43. The van der Waals surface area contributed by atoms with Gasteiger partial charge in [0.1, 0.15) is 5.70 Å². The van der Waals surface area contributed by atoms with Crippen molar-refractivity contribution in [3.05, 3.63) is 45.6 Å². The van der Waals surface area contributed by atoms with E-state index in [2.05, 4.69) is 0 Å². The second-order valence-corrected chi connectivity index (χ2v) is 6.24. The molecule has 0 aromatic heterocycles. The molecule has 0 aliphatic carbocycles. The number of hydrogen-bond donors (Lipinski definition) is 0. The summed E-state index contributed by atoms with van der Waals surface area (Å²) in [5, 5.41) is 10.9. The van der Waals surface area contributed by atoms with Gasteiger partial charge in [0.05, 0.1) is 23.7 Å². The van der Waals surface area contributed by atoms with Crippen LogP contribution in [0.4, 0.5) is 5.69 Å². The maximum atomic E-state index is 12.9. The summed E-state index contributed by atoms with van der Waals surface area (Å²) in [6.07, 6.45) is 1.61. The monoisotopic (exact) mass is 359 g/mol. The number of unbranched alkanes of at least 4 members (excludes halogenated alkanes) is 1. The van der Waals surface area contributed by atoms with E-state index in [1.807, 2.05) is 11.8 Å². The molecule has 2 aliphatic heterocycles. The lowest BCUT2D eigenvalue weighted by Gasteiger charge is -2.29. The van der Waals surface area contributed by atoms with Gasteiger partial charge in [-0.25, -0.2) is 0 Å². The second-order valence-electron chi connectivity index (χ2n) is 6.24. The minimum atomic E-state index is -0.490. The molecular weight excluding hydrogens is 338 g/mol. The number of nitro benzene ring substituents is 1. The summed E-state index contributed by atoms with van der Waals surface area (Å²) < 4.78 is 5.35. The smallest absolute Gasteiger partial charge is 0.277 e. The van der Waals surface area contributed by atoms with Crippen molar-refractivity contribution in [1.82, 2.24) is 9.80 Å². The number of carbonyl (C=O) groups excluding carboxylic acids is 2. The topological polar surface area (TPSA) is 93.0 Å². The third kappa shape index (κ3) is 3.32. The van der Waals surface area contributed by atoms with Crippen LogP contribution in [0.3, 0.4) is 0 Å². The zero-order chi connectivity index (χ0) is 18.7. The highest BCUT2D eigenvalue weighted by atomic mass is 16.6. The molecule has 0 unspecified atom stereocenters. The van der Waals surface area contributed by atoms with Crippen molar-refractivity contribution in [3.8, 4) is 0 Å². The number of hydrogen-bond acceptors (Lipinski definition) is 6. The first-order chi connectivity index (χ1) is 12.5. The Hall–Kier alpha value is -2.74. The number of morpholine rings is 1. The van der Waals surface area contributed by atoms with Gasteiger partial charge in [-0.2, -0.15) is 0 Å². The molecule has 0 saturated carbocycles. The number of nitro groups is 1. The fourth-order valence-electron chi connectivity index (χ4n) is 3.17. The van der Waals surface area contributed by atoms with Crippen LogP contribution in [-0.2, 0) is 14.3 Å². The van der Waals surface area contributed by atoms with Gasteiger partial charge < -0.3 is 9.64 Å². The average molecular weight is 359 g/mol. The molecule has 0 atom stereocenters. The number of rotatable bonds is 6. The molecule has 8 nitrogen and oxygen atoms in total. The van der Waals surface area contributed by atoms with Gasteiger partial charge in [0.15, 0.2) is 0 Å². The van der Waals surface area contributed by atoms with Crippen molar-refractivity contribution in [2.45, 2.75) is 19.8 Å². The fraction of sp³-hybridized carbons (Fsp3) is 0.444. The van der Waals surface area contributed by atoms with Crippen molar-refractivity contribution in [2.75, 3.05) is 32.8 Å². The predicted molar refractivity (Wildman–Crippen MR) is 94.0 cm³/mol. The number of benzene rings is 1. The minimum absolute atomic E-state index is 0.0538. The van der Waals surface area contributed by atoms with E-state index in [1.165, 1.54) is 29.2 Å². The normalized spacial score (nSPS) is 18.0. The lowest BCUT2D eigenvalue weighted by atomic mass is 10.0. The van der Waals surface area contributed by atoms with Crippen molar-refractivity contribution in [3.63, 3.8) is 0 Å². The number of nitrogens with zero attached hydrogens (tertiary/aromatic N) is 3. The maximum Gasteiger partial charge on any atom is 0.277 e. The number of amides is 2. The van der Waals surface area contributed by atoms with Gasteiger partial charge in [0, 0.05) is 31.8 Å². The van der Waals surface area contributed by atoms with Gasteiger partial charge in [-0.3, -0.25) is 24.6 Å². The highest BCUT2D eigenvalue weighted by Crippen LogP contribution is 2.33. The maximum absolute atomic E-state index is 12.9. The molecule has 0 radical (unpaired) electrons. The Balaban J connectivity index is 2.01. The molecule has 0 spiro atoms. The Morgan fingerprint density at radius 1 is 1.12 bits per heavy atom. The van der Waals surface area contributed by atoms with Crippen molar-refractivity contribution in [2.24, 2.45) is 0 Å². The van der Waals surface area contributed by atoms with Crippen molar-refractivity contribution >= 4 is 23.1 Å². The van der Waals surface area contributed by atoms with E-state index in [1.54, 1.807) is 0 Å². The average Bonchev–Trinajstić information content (AvgIpc) is 2.91. The standard InChI is InChI=1S/C18H21N3O5/c1-2-3-8-20-17(22)15(13-4-6-14(7-5-13)21(24)25)16(18(20)23)19-9-11-26-12-10-19/h4-7H,2-3,8-12H2,1H3. The molecule has 2 heterocycles. The fourth-order valence-corrected chi connectivity index (χ4v) is 3.17. The van der Waals surface area contributed by atoms with Crippen LogP contribution in [0, 0.1) is 10.1 Å². The molecule has 1 saturated heterocycles. The van der Waals surface area contributed by atoms with E-state index in [4.69, 9.17) is 4.74 Å². The summed E-state index contributed by atoms with van der Waals surface area (Å²) in [6, 6.07) is 5.77. The number of ether oxygens (including phenoxy) is 1. The predicted octanol–water partition coefficient (Wildman–Crippen LogP) is 1.81. The van der Waals surface area contributed by atoms with Crippen LogP contribution in [-0.4, -0.2) is 59.4 Å². The molecule has 2 amide bonds. The molecule has 138 valence electrons.